The van der Waals surface area contributed by atoms with Crippen molar-refractivity contribution in [3.63, 3.8) is 0 Å². The van der Waals surface area contributed by atoms with E-state index in [0.717, 1.165) is 5.56 Å². The molecule has 140 valence electrons. The normalized spacial score (nSPS) is 10.6. The molecule has 2 N–H and O–H groups in total. The SMILES string of the molecule is COCCOC(=O)Nc1cccc(NC(=O)c2cn3ccc(C)cc3n2)c1. The van der Waals surface area contributed by atoms with Crippen LogP contribution in [-0.4, -0.2) is 41.7 Å². The van der Waals surface area contributed by atoms with Crippen LogP contribution in [0.1, 0.15) is 16.1 Å². The van der Waals surface area contributed by atoms with Gasteiger partial charge in [0, 0.05) is 30.9 Å². The third kappa shape index (κ3) is 4.83. The number of carbonyl (C=O) groups excluding carboxylic acids is 2. The molecule has 0 unspecified atom stereocenters. The second kappa shape index (κ2) is 8.33. The zero-order valence-electron chi connectivity index (χ0n) is 15.1. The van der Waals surface area contributed by atoms with E-state index in [0.29, 0.717) is 29.3 Å². The van der Waals surface area contributed by atoms with Gasteiger partial charge < -0.3 is 19.2 Å². The van der Waals surface area contributed by atoms with Crippen LogP contribution in [0.2, 0.25) is 0 Å². The van der Waals surface area contributed by atoms with Crippen LogP contribution in [0.5, 0.6) is 0 Å². The molecule has 8 nitrogen and oxygen atoms in total. The molecule has 0 saturated heterocycles. The Kier molecular flexibility index (Phi) is 5.68. The van der Waals surface area contributed by atoms with Gasteiger partial charge in [0.25, 0.3) is 5.91 Å². The Balaban J connectivity index is 1.66. The molecule has 0 fully saturated rings. The van der Waals surface area contributed by atoms with Gasteiger partial charge >= 0.3 is 6.09 Å². The van der Waals surface area contributed by atoms with Crippen LogP contribution >= 0.6 is 0 Å². The fraction of sp³-hybridized carbons (Fsp3) is 0.211. The lowest BCUT2D eigenvalue weighted by Crippen LogP contribution is -2.17. The molecule has 1 aromatic carbocycles. The number of aromatic nitrogens is 2. The van der Waals surface area contributed by atoms with E-state index in [4.69, 9.17) is 9.47 Å². The molecule has 0 saturated carbocycles. The van der Waals surface area contributed by atoms with Gasteiger partial charge in [-0.1, -0.05) is 6.07 Å². The summed E-state index contributed by atoms with van der Waals surface area (Å²) in [4.78, 5) is 28.5. The maximum absolute atomic E-state index is 12.5. The van der Waals surface area contributed by atoms with E-state index in [-0.39, 0.29) is 12.5 Å². The highest BCUT2D eigenvalue weighted by atomic mass is 16.6. The Morgan fingerprint density at radius 1 is 1.11 bits per heavy atom. The summed E-state index contributed by atoms with van der Waals surface area (Å²) in [6.07, 6.45) is 2.93. The fourth-order valence-corrected chi connectivity index (χ4v) is 2.43. The van der Waals surface area contributed by atoms with Crippen LogP contribution in [-0.2, 0) is 9.47 Å². The molecule has 8 heteroatoms. The maximum atomic E-state index is 12.5. The van der Waals surface area contributed by atoms with Crippen LogP contribution in [0.25, 0.3) is 5.65 Å². The van der Waals surface area contributed by atoms with E-state index >= 15 is 0 Å². The molecule has 0 bridgehead atoms. The van der Waals surface area contributed by atoms with Crippen molar-refractivity contribution in [2.24, 2.45) is 0 Å². The number of hydrogen-bond acceptors (Lipinski definition) is 5. The van der Waals surface area contributed by atoms with Crippen molar-refractivity contribution < 1.29 is 19.1 Å². The average Bonchev–Trinajstić information content (AvgIpc) is 3.05. The van der Waals surface area contributed by atoms with E-state index in [1.807, 2.05) is 25.3 Å². The lowest BCUT2D eigenvalue weighted by atomic mass is 10.2. The molecule has 3 aromatic rings. The molecule has 2 amide bonds. The molecule has 2 aromatic heterocycles. The van der Waals surface area contributed by atoms with Crippen molar-refractivity contribution in [3.05, 3.63) is 60.0 Å². The first-order valence-corrected chi connectivity index (χ1v) is 8.34. The molecule has 0 atom stereocenters. The largest absolute Gasteiger partial charge is 0.447 e. The second-order valence-corrected chi connectivity index (χ2v) is 5.88. The van der Waals surface area contributed by atoms with Crippen molar-refractivity contribution in [3.8, 4) is 0 Å². The topological polar surface area (TPSA) is 94.0 Å². The van der Waals surface area contributed by atoms with Crippen molar-refractivity contribution in [2.75, 3.05) is 31.0 Å². The van der Waals surface area contributed by atoms with Crippen LogP contribution < -0.4 is 10.6 Å². The Morgan fingerprint density at radius 3 is 2.67 bits per heavy atom. The summed E-state index contributed by atoms with van der Waals surface area (Å²) in [5.74, 6) is -0.337. The summed E-state index contributed by atoms with van der Waals surface area (Å²) in [5.41, 5.74) is 3.10. The van der Waals surface area contributed by atoms with E-state index in [9.17, 15) is 9.59 Å². The summed E-state index contributed by atoms with van der Waals surface area (Å²) < 4.78 is 11.5. The van der Waals surface area contributed by atoms with Crippen molar-refractivity contribution in [1.29, 1.82) is 0 Å². The minimum atomic E-state index is -0.591. The van der Waals surface area contributed by atoms with Crippen molar-refractivity contribution in [1.82, 2.24) is 9.38 Å². The molecule has 0 radical (unpaired) electrons. The van der Waals surface area contributed by atoms with Gasteiger partial charge in [0.2, 0.25) is 0 Å². The molecular weight excluding hydrogens is 348 g/mol. The Hall–Kier alpha value is -3.39. The van der Waals surface area contributed by atoms with Gasteiger partial charge in [-0.15, -0.1) is 0 Å². The second-order valence-electron chi connectivity index (χ2n) is 5.88. The number of imidazole rings is 1. The Bertz CT molecular complexity index is 967. The highest BCUT2D eigenvalue weighted by Crippen LogP contribution is 2.17. The first-order valence-electron chi connectivity index (χ1n) is 8.34. The molecule has 0 aliphatic rings. The minimum absolute atomic E-state index is 0.159. The number of rotatable bonds is 6. The molecule has 2 heterocycles. The third-order valence-corrected chi connectivity index (χ3v) is 3.74. The average molecular weight is 368 g/mol. The third-order valence-electron chi connectivity index (χ3n) is 3.74. The van der Waals surface area contributed by atoms with Gasteiger partial charge in [-0.25, -0.2) is 9.78 Å². The number of hydrogen-bond donors (Lipinski definition) is 2. The monoisotopic (exact) mass is 368 g/mol. The molecular formula is C19H20N4O4. The summed E-state index contributed by atoms with van der Waals surface area (Å²) in [6.45, 7) is 2.45. The maximum Gasteiger partial charge on any atom is 0.411 e. The van der Waals surface area contributed by atoms with Gasteiger partial charge in [0.15, 0.2) is 0 Å². The lowest BCUT2D eigenvalue weighted by molar-refractivity contribution is 0.102. The quantitative estimate of drug-likeness (QED) is 0.652. The highest BCUT2D eigenvalue weighted by Gasteiger charge is 2.12. The number of carbonyl (C=O) groups is 2. The molecule has 0 aliphatic carbocycles. The number of aryl methyl sites for hydroxylation is 1. The Morgan fingerprint density at radius 2 is 1.89 bits per heavy atom. The number of amides is 2. The number of ether oxygens (including phenoxy) is 2. The van der Waals surface area contributed by atoms with Gasteiger partial charge in [0.05, 0.1) is 6.61 Å². The number of fused-ring (bicyclic) bond motifs is 1. The van der Waals surface area contributed by atoms with Crippen molar-refractivity contribution in [2.45, 2.75) is 6.92 Å². The number of nitrogens with one attached hydrogen (secondary N) is 2. The van der Waals surface area contributed by atoms with E-state index < -0.39 is 6.09 Å². The fourth-order valence-electron chi connectivity index (χ4n) is 2.43. The number of methoxy groups -OCH3 is 1. The first-order chi connectivity index (χ1) is 13.0. The van der Waals surface area contributed by atoms with Gasteiger partial charge in [0.1, 0.15) is 17.9 Å². The number of anilines is 2. The molecule has 27 heavy (non-hydrogen) atoms. The molecule has 0 aliphatic heterocycles. The summed E-state index contributed by atoms with van der Waals surface area (Å²) in [7, 11) is 1.53. The van der Waals surface area contributed by atoms with Gasteiger partial charge in [-0.3, -0.25) is 10.1 Å². The Labute approximate surface area is 156 Å². The van der Waals surface area contributed by atoms with E-state index in [1.165, 1.54) is 7.11 Å². The summed E-state index contributed by atoms with van der Waals surface area (Å²) in [6, 6.07) is 10.6. The lowest BCUT2D eigenvalue weighted by Gasteiger charge is -2.08. The summed E-state index contributed by atoms with van der Waals surface area (Å²) in [5, 5.41) is 5.37. The standard InChI is InChI=1S/C19H20N4O4/c1-13-6-7-23-12-16(22-17(23)10-13)18(24)20-14-4-3-5-15(11-14)21-19(25)27-9-8-26-2/h3-7,10-12H,8-9H2,1-2H3,(H,20,24)(H,21,25). The van der Waals surface area contributed by atoms with Crippen LogP contribution in [0.4, 0.5) is 16.2 Å². The predicted octanol–water partition coefficient (Wildman–Crippen LogP) is 3.09. The van der Waals surface area contributed by atoms with Crippen LogP contribution in [0.3, 0.4) is 0 Å². The molecule has 0 spiro atoms. The zero-order valence-corrected chi connectivity index (χ0v) is 15.1. The van der Waals surface area contributed by atoms with Crippen molar-refractivity contribution >= 4 is 29.0 Å². The first kappa shape index (κ1) is 18.4. The summed E-state index contributed by atoms with van der Waals surface area (Å²) >= 11 is 0. The smallest absolute Gasteiger partial charge is 0.411 e. The van der Waals surface area contributed by atoms with E-state index in [1.54, 1.807) is 34.9 Å². The number of benzene rings is 1. The van der Waals surface area contributed by atoms with Crippen LogP contribution in [0.15, 0.2) is 48.8 Å². The van der Waals surface area contributed by atoms with E-state index in [2.05, 4.69) is 15.6 Å². The number of pyridine rings is 1. The molecule has 3 rings (SSSR count). The van der Waals surface area contributed by atoms with Gasteiger partial charge in [-0.2, -0.15) is 0 Å². The minimum Gasteiger partial charge on any atom is -0.447 e. The van der Waals surface area contributed by atoms with Gasteiger partial charge in [-0.05, 0) is 42.8 Å². The number of nitrogens with zero attached hydrogens (tertiary/aromatic N) is 2. The highest BCUT2D eigenvalue weighted by molar-refractivity contribution is 6.03. The zero-order chi connectivity index (χ0) is 19.2. The predicted molar refractivity (Wildman–Crippen MR) is 101 cm³/mol. The van der Waals surface area contributed by atoms with Crippen LogP contribution in [0, 0.1) is 6.92 Å².